The molecule has 0 unspecified atom stereocenters. The summed E-state index contributed by atoms with van der Waals surface area (Å²) in [7, 11) is 0. The van der Waals surface area contributed by atoms with E-state index in [2.05, 4.69) is 20.7 Å². The molecule has 0 radical (unpaired) electrons. The molecule has 0 aliphatic carbocycles. The molecule has 0 aliphatic rings. The molecule has 0 spiro atoms. The first kappa shape index (κ1) is 11.3. The molecule has 1 aromatic carbocycles. The lowest BCUT2D eigenvalue weighted by Gasteiger charge is -2.11. The van der Waals surface area contributed by atoms with Crippen molar-refractivity contribution in [3.05, 3.63) is 28.2 Å². The van der Waals surface area contributed by atoms with Gasteiger partial charge in [0.15, 0.2) is 0 Å². The molecule has 78 valence electrons. The summed E-state index contributed by atoms with van der Waals surface area (Å²) in [6, 6.07) is 4.00. The van der Waals surface area contributed by atoms with E-state index in [0.717, 1.165) is 6.07 Å². The molecule has 0 saturated carbocycles. The highest BCUT2D eigenvalue weighted by atomic mass is 79.9. The van der Waals surface area contributed by atoms with Crippen LogP contribution in [0.4, 0.5) is 13.2 Å². The molecule has 0 atom stereocenters. The van der Waals surface area contributed by atoms with Crippen molar-refractivity contribution in [2.45, 2.75) is 13.0 Å². The summed E-state index contributed by atoms with van der Waals surface area (Å²) < 4.78 is 39.5. The summed E-state index contributed by atoms with van der Waals surface area (Å²) in [4.78, 5) is 0. The van der Waals surface area contributed by atoms with Crippen LogP contribution in [0.2, 0.25) is 0 Å². The second-order valence-electron chi connectivity index (χ2n) is 2.47. The quantitative estimate of drug-likeness (QED) is 0.896. The maximum atomic E-state index is 11.9. The lowest BCUT2D eigenvalue weighted by Crippen LogP contribution is -2.17. The zero-order valence-electron chi connectivity index (χ0n) is 6.81. The number of halogens is 4. The van der Waals surface area contributed by atoms with Crippen molar-refractivity contribution >= 4 is 15.9 Å². The Morgan fingerprint density at radius 3 is 2.50 bits per heavy atom. The number of aliphatic hydroxyl groups is 1. The second kappa shape index (κ2) is 4.18. The van der Waals surface area contributed by atoms with E-state index >= 15 is 0 Å². The first-order valence-corrected chi connectivity index (χ1v) is 4.36. The minimum atomic E-state index is -4.73. The summed E-state index contributed by atoms with van der Waals surface area (Å²) in [5.74, 6) is -0.357. The van der Waals surface area contributed by atoms with Gasteiger partial charge in [0.25, 0.3) is 0 Å². The Kier molecular flexibility index (Phi) is 3.38. The number of alkyl halides is 3. The topological polar surface area (TPSA) is 29.5 Å². The Bertz CT molecular complexity index is 325. The van der Waals surface area contributed by atoms with E-state index < -0.39 is 6.36 Å². The van der Waals surface area contributed by atoms with Crippen LogP contribution in [0, 0.1) is 0 Å². The molecule has 0 amide bonds. The van der Waals surface area contributed by atoms with Crippen LogP contribution in [0.25, 0.3) is 0 Å². The fraction of sp³-hybridized carbons (Fsp3) is 0.250. The average molecular weight is 271 g/mol. The van der Waals surface area contributed by atoms with Crippen LogP contribution in [-0.4, -0.2) is 11.5 Å². The minimum Gasteiger partial charge on any atom is -0.405 e. The van der Waals surface area contributed by atoms with Gasteiger partial charge in [-0.2, -0.15) is 0 Å². The second-order valence-corrected chi connectivity index (χ2v) is 3.33. The van der Waals surface area contributed by atoms with E-state index in [1.165, 1.54) is 12.1 Å². The zero-order valence-corrected chi connectivity index (χ0v) is 8.39. The Balaban J connectivity index is 2.95. The zero-order chi connectivity index (χ0) is 10.8. The number of ether oxygens (including phenoxy) is 1. The van der Waals surface area contributed by atoms with Crippen LogP contribution in [0.1, 0.15) is 5.56 Å². The number of hydrogen-bond acceptors (Lipinski definition) is 2. The van der Waals surface area contributed by atoms with Crippen LogP contribution in [0.15, 0.2) is 22.7 Å². The number of rotatable bonds is 2. The van der Waals surface area contributed by atoms with Crippen molar-refractivity contribution < 1.29 is 23.0 Å². The van der Waals surface area contributed by atoms with Gasteiger partial charge in [-0.1, -0.05) is 6.07 Å². The van der Waals surface area contributed by atoms with Crippen molar-refractivity contribution in [1.29, 1.82) is 0 Å². The predicted molar refractivity (Wildman–Crippen MR) is 46.7 cm³/mol. The summed E-state index contributed by atoms with van der Waals surface area (Å²) in [6.07, 6.45) is -4.73. The molecule has 0 saturated heterocycles. The smallest absolute Gasteiger partial charge is 0.405 e. The summed E-state index contributed by atoms with van der Waals surface area (Å²) in [5, 5.41) is 8.70. The Morgan fingerprint density at radius 2 is 2.00 bits per heavy atom. The van der Waals surface area contributed by atoms with Crippen molar-refractivity contribution in [2.75, 3.05) is 0 Å². The van der Waals surface area contributed by atoms with Gasteiger partial charge >= 0.3 is 6.36 Å². The Hall–Kier alpha value is -0.750. The summed E-state index contributed by atoms with van der Waals surface area (Å²) >= 11 is 2.91. The van der Waals surface area contributed by atoms with Crippen LogP contribution >= 0.6 is 15.9 Å². The van der Waals surface area contributed by atoms with Crippen molar-refractivity contribution in [2.24, 2.45) is 0 Å². The summed E-state index contributed by atoms with van der Waals surface area (Å²) in [6.45, 7) is -0.332. The molecule has 1 rings (SSSR count). The normalized spacial score (nSPS) is 11.5. The standard InChI is InChI=1S/C8H6BrF3O2/c9-6-2-1-5(4-13)3-7(6)14-8(10,11)12/h1-3,13H,4H2. The fourth-order valence-corrected chi connectivity index (χ4v) is 1.18. The van der Waals surface area contributed by atoms with Gasteiger partial charge in [0.05, 0.1) is 11.1 Å². The monoisotopic (exact) mass is 270 g/mol. The van der Waals surface area contributed by atoms with Gasteiger partial charge in [0.1, 0.15) is 5.75 Å². The van der Waals surface area contributed by atoms with Crippen LogP contribution in [0.3, 0.4) is 0 Å². The highest BCUT2D eigenvalue weighted by Crippen LogP contribution is 2.31. The molecule has 0 aliphatic heterocycles. The molecule has 0 fully saturated rings. The molecular formula is C8H6BrF3O2. The first-order valence-electron chi connectivity index (χ1n) is 3.57. The summed E-state index contributed by atoms with van der Waals surface area (Å²) in [5.41, 5.74) is 0.354. The molecule has 2 nitrogen and oxygen atoms in total. The SMILES string of the molecule is OCc1ccc(Br)c(OC(F)(F)F)c1. The lowest BCUT2D eigenvalue weighted by molar-refractivity contribution is -0.274. The first-order chi connectivity index (χ1) is 6.42. The van der Waals surface area contributed by atoms with Crippen molar-refractivity contribution in [3.8, 4) is 5.75 Å². The van der Waals surface area contributed by atoms with Crippen LogP contribution in [0.5, 0.6) is 5.75 Å². The molecule has 0 bridgehead atoms. The van der Waals surface area contributed by atoms with Gasteiger partial charge in [0, 0.05) is 0 Å². The van der Waals surface area contributed by atoms with Gasteiger partial charge < -0.3 is 9.84 Å². The van der Waals surface area contributed by atoms with E-state index in [9.17, 15) is 13.2 Å². The molecule has 0 aromatic heterocycles. The van der Waals surface area contributed by atoms with E-state index in [4.69, 9.17) is 5.11 Å². The number of benzene rings is 1. The predicted octanol–water partition coefficient (Wildman–Crippen LogP) is 2.84. The van der Waals surface area contributed by atoms with E-state index in [1.807, 2.05) is 0 Å². The third-order valence-electron chi connectivity index (χ3n) is 1.40. The van der Waals surface area contributed by atoms with Gasteiger partial charge in [-0.05, 0) is 33.6 Å². The lowest BCUT2D eigenvalue weighted by atomic mass is 10.2. The van der Waals surface area contributed by atoms with Gasteiger partial charge in [-0.3, -0.25) is 0 Å². The Labute approximate surface area is 86.4 Å². The molecule has 14 heavy (non-hydrogen) atoms. The van der Waals surface area contributed by atoms with E-state index in [1.54, 1.807) is 0 Å². The number of hydrogen-bond donors (Lipinski definition) is 1. The highest BCUT2D eigenvalue weighted by Gasteiger charge is 2.31. The van der Waals surface area contributed by atoms with Crippen molar-refractivity contribution in [1.82, 2.24) is 0 Å². The highest BCUT2D eigenvalue weighted by molar-refractivity contribution is 9.10. The third-order valence-corrected chi connectivity index (χ3v) is 2.06. The van der Waals surface area contributed by atoms with Gasteiger partial charge in [0.2, 0.25) is 0 Å². The average Bonchev–Trinajstić information content (AvgIpc) is 2.06. The van der Waals surface area contributed by atoms with Crippen molar-refractivity contribution in [3.63, 3.8) is 0 Å². The maximum Gasteiger partial charge on any atom is 0.573 e. The molecule has 0 heterocycles. The molecule has 1 aromatic rings. The minimum absolute atomic E-state index is 0.187. The van der Waals surface area contributed by atoms with Gasteiger partial charge in [-0.15, -0.1) is 13.2 Å². The number of aliphatic hydroxyl groups excluding tert-OH is 1. The molecule has 6 heteroatoms. The van der Waals surface area contributed by atoms with Crippen LogP contribution < -0.4 is 4.74 Å². The largest absolute Gasteiger partial charge is 0.573 e. The van der Waals surface area contributed by atoms with Crippen LogP contribution in [-0.2, 0) is 6.61 Å². The van der Waals surface area contributed by atoms with Gasteiger partial charge in [-0.25, -0.2) is 0 Å². The maximum absolute atomic E-state index is 11.9. The molecule has 1 N–H and O–H groups in total. The third kappa shape index (κ3) is 3.19. The molecular weight excluding hydrogens is 265 g/mol. The van der Waals surface area contributed by atoms with E-state index in [-0.39, 0.29) is 16.8 Å². The fourth-order valence-electron chi connectivity index (χ4n) is 0.849. The van der Waals surface area contributed by atoms with E-state index in [0.29, 0.717) is 5.56 Å². The Morgan fingerprint density at radius 1 is 1.36 bits per heavy atom.